The zero-order valence-electron chi connectivity index (χ0n) is 9.57. The van der Waals surface area contributed by atoms with Gasteiger partial charge >= 0.3 is 0 Å². The van der Waals surface area contributed by atoms with E-state index in [4.69, 9.17) is 11.6 Å². The van der Waals surface area contributed by atoms with Crippen LogP contribution in [0.5, 0.6) is 0 Å². The summed E-state index contributed by atoms with van der Waals surface area (Å²) in [5.41, 5.74) is 0. The van der Waals surface area contributed by atoms with Gasteiger partial charge in [-0.25, -0.2) is 0 Å². The molecule has 0 radical (unpaired) electrons. The number of likely N-dealkylation sites (N-methyl/N-ethyl adjacent to an activating group) is 2. The van der Waals surface area contributed by atoms with Gasteiger partial charge in [-0.1, -0.05) is 11.6 Å². The molecular weight excluding hydrogens is 232 g/mol. The van der Waals surface area contributed by atoms with E-state index in [0.717, 1.165) is 30.6 Å². The molecule has 15 heavy (non-hydrogen) atoms. The van der Waals surface area contributed by atoms with Crippen molar-refractivity contribution >= 4 is 29.1 Å². The predicted molar refractivity (Wildman–Crippen MR) is 66.0 cm³/mol. The SMILES string of the molecule is CCN(c1nsnc1Cl)C(C)CN(C)C. The van der Waals surface area contributed by atoms with Crippen molar-refractivity contribution in [2.75, 3.05) is 32.1 Å². The van der Waals surface area contributed by atoms with Crippen LogP contribution in [0.25, 0.3) is 0 Å². The molecule has 1 heterocycles. The van der Waals surface area contributed by atoms with Crippen molar-refractivity contribution in [1.82, 2.24) is 13.6 Å². The first-order chi connectivity index (χ1) is 7.06. The molecule has 0 saturated carbocycles. The van der Waals surface area contributed by atoms with Crippen molar-refractivity contribution < 1.29 is 0 Å². The number of nitrogens with zero attached hydrogens (tertiary/aromatic N) is 4. The molecule has 1 atom stereocenters. The van der Waals surface area contributed by atoms with Crippen LogP contribution in [0.4, 0.5) is 5.82 Å². The summed E-state index contributed by atoms with van der Waals surface area (Å²) in [7, 11) is 4.12. The van der Waals surface area contributed by atoms with Crippen LogP contribution in [0.15, 0.2) is 0 Å². The van der Waals surface area contributed by atoms with Crippen LogP contribution in [0, 0.1) is 0 Å². The van der Waals surface area contributed by atoms with E-state index < -0.39 is 0 Å². The Morgan fingerprint density at radius 2 is 2.07 bits per heavy atom. The van der Waals surface area contributed by atoms with Gasteiger partial charge in [0.1, 0.15) is 0 Å². The summed E-state index contributed by atoms with van der Waals surface area (Å²) in [6.07, 6.45) is 0. The molecule has 0 amide bonds. The molecule has 6 heteroatoms. The van der Waals surface area contributed by atoms with Crippen molar-refractivity contribution in [2.45, 2.75) is 19.9 Å². The lowest BCUT2D eigenvalue weighted by molar-refractivity contribution is 0.372. The number of anilines is 1. The first kappa shape index (κ1) is 12.7. The van der Waals surface area contributed by atoms with E-state index in [2.05, 4.69) is 46.5 Å². The third kappa shape index (κ3) is 3.29. The molecular formula is C9H17ClN4S. The number of hydrogen-bond acceptors (Lipinski definition) is 5. The summed E-state index contributed by atoms with van der Waals surface area (Å²) in [5.74, 6) is 0.804. The Balaban J connectivity index is 2.75. The van der Waals surface area contributed by atoms with Crippen LogP contribution in [-0.2, 0) is 0 Å². The Hall–Kier alpha value is -0.390. The van der Waals surface area contributed by atoms with Crippen LogP contribution in [0.1, 0.15) is 13.8 Å². The average Bonchev–Trinajstić information content (AvgIpc) is 2.52. The molecule has 1 aromatic rings. The Kier molecular flexibility index (Phi) is 4.76. The van der Waals surface area contributed by atoms with Crippen molar-refractivity contribution in [1.29, 1.82) is 0 Å². The molecule has 4 nitrogen and oxygen atoms in total. The first-order valence-electron chi connectivity index (χ1n) is 4.95. The Morgan fingerprint density at radius 1 is 1.40 bits per heavy atom. The standard InChI is InChI=1S/C9H17ClN4S/c1-5-14(7(2)6-13(3)4)9-8(10)11-15-12-9/h7H,5-6H2,1-4H3. The third-order valence-electron chi connectivity index (χ3n) is 2.21. The highest BCUT2D eigenvalue weighted by molar-refractivity contribution is 6.99. The monoisotopic (exact) mass is 248 g/mol. The quantitative estimate of drug-likeness (QED) is 0.798. The fourth-order valence-electron chi connectivity index (χ4n) is 1.64. The molecule has 0 aliphatic heterocycles. The van der Waals surface area contributed by atoms with E-state index in [9.17, 15) is 0 Å². The van der Waals surface area contributed by atoms with Gasteiger partial charge in [0.15, 0.2) is 11.0 Å². The maximum Gasteiger partial charge on any atom is 0.187 e. The van der Waals surface area contributed by atoms with Gasteiger partial charge in [-0.3, -0.25) is 0 Å². The van der Waals surface area contributed by atoms with Crippen LogP contribution in [-0.4, -0.2) is 46.9 Å². The largest absolute Gasteiger partial charge is 0.349 e. The molecule has 0 aromatic carbocycles. The maximum atomic E-state index is 5.98. The summed E-state index contributed by atoms with van der Waals surface area (Å²) in [6.45, 7) is 6.13. The minimum atomic E-state index is 0.381. The highest BCUT2D eigenvalue weighted by Gasteiger charge is 2.19. The highest BCUT2D eigenvalue weighted by Crippen LogP contribution is 2.24. The van der Waals surface area contributed by atoms with Gasteiger partial charge in [-0.15, -0.1) is 0 Å². The second-order valence-corrected chi connectivity index (χ2v) is 4.66. The second kappa shape index (κ2) is 5.63. The van der Waals surface area contributed by atoms with Gasteiger partial charge in [-0.2, -0.15) is 8.75 Å². The molecule has 0 fully saturated rings. The molecule has 1 unspecified atom stereocenters. The lowest BCUT2D eigenvalue weighted by Gasteiger charge is -2.29. The van der Waals surface area contributed by atoms with Crippen LogP contribution >= 0.6 is 23.3 Å². The smallest absolute Gasteiger partial charge is 0.187 e. The van der Waals surface area contributed by atoms with Gasteiger partial charge in [0.2, 0.25) is 0 Å². The van der Waals surface area contributed by atoms with E-state index in [1.165, 1.54) is 0 Å². The summed E-state index contributed by atoms with van der Waals surface area (Å²) < 4.78 is 8.21. The third-order valence-corrected chi connectivity index (χ3v) is 3.08. The van der Waals surface area contributed by atoms with Gasteiger partial charge < -0.3 is 9.80 Å². The summed E-state index contributed by atoms with van der Waals surface area (Å²) in [5, 5.41) is 0.507. The molecule has 1 rings (SSSR count). The fraction of sp³-hybridized carbons (Fsp3) is 0.778. The molecule has 86 valence electrons. The first-order valence-corrected chi connectivity index (χ1v) is 6.06. The van der Waals surface area contributed by atoms with E-state index in [0.29, 0.717) is 11.2 Å². The van der Waals surface area contributed by atoms with Crippen molar-refractivity contribution in [2.24, 2.45) is 0 Å². The molecule has 0 saturated heterocycles. The minimum Gasteiger partial charge on any atom is -0.349 e. The summed E-state index contributed by atoms with van der Waals surface area (Å²) >= 11 is 7.13. The van der Waals surface area contributed by atoms with Gasteiger partial charge in [0.25, 0.3) is 0 Å². The normalized spacial score (nSPS) is 13.2. The number of aromatic nitrogens is 2. The molecule has 0 aliphatic rings. The lowest BCUT2D eigenvalue weighted by Crippen LogP contribution is -2.40. The molecule has 0 bridgehead atoms. The van der Waals surface area contributed by atoms with E-state index >= 15 is 0 Å². The number of hydrogen-bond donors (Lipinski definition) is 0. The minimum absolute atomic E-state index is 0.381. The Labute approximate surface area is 100 Å². The predicted octanol–water partition coefficient (Wildman–Crippen LogP) is 1.97. The Morgan fingerprint density at radius 3 is 2.47 bits per heavy atom. The van der Waals surface area contributed by atoms with Crippen molar-refractivity contribution in [3.8, 4) is 0 Å². The van der Waals surface area contributed by atoms with Crippen molar-refractivity contribution in [3.05, 3.63) is 5.15 Å². The van der Waals surface area contributed by atoms with Crippen LogP contribution in [0.3, 0.4) is 0 Å². The number of halogens is 1. The topological polar surface area (TPSA) is 32.3 Å². The van der Waals surface area contributed by atoms with Crippen LogP contribution in [0.2, 0.25) is 5.15 Å². The molecule has 0 spiro atoms. The number of rotatable bonds is 5. The van der Waals surface area contributed by atoms with Crippen molar-refractivity contribution in [3.63, 3.8) is 0 Å². The zero-order chi connectivity index (χ0) is 11.4. The van der Waals surface area contributed by atoms with E-state index in [-0.39, 0.29) is 0 Å². The molecule has 0 aliphatic carbocycles. The molecule has 1 aromatic heterocycles. The average molecular weight is 249 g/mol. The summed E-state index contributed by atoms with van der Waals surface area (Å²) in [4.78, 5) is 4.33. The van der Waals surface area contributed by atoms with Gasteiger partial charge in [0, 0.05) is 19.1 Å². The molecule has 0 N–H and O–H groups in total. The maximum absolute atomic E-state index is 5.98. The fourth-order valence-corrected chi connectivity index (χ4v) is 2.40. The van der Waals surface area contributed by atoms with Crippen LogP contribution < -0.4 is 4.90 Å². The lowest BCUT2D eigenvalue weighted by atomic mass is 10.2. The van der Waals surface area contributed by atoms with E-state index in [1.807, 2.05) is 0 Å². The van der Waals surface area contributed by atoms with E-state index in [1.54, 1.807) is 0 Å². The zero-order valence-corrected chi connectivity index (χ0v) is 11.1. The second-order valence-electron chi connectivity index (χ2n) is 3.78. The highest BCUT2D eigenvalue weighted by atomic mass is 35.5. The summed E-state index contributed by atoms with van der Waals surface area (Å²) in [6, 6.07) is 0.381. The van der Waals surface area contributed by atoms with Gasteiger partial charge in [-0.05, 0) is 27.9 Å². The van der Waals surface area contributed by atoms with Gasteiger partial charge in [0.05, 0.1) is 11.7 Å². The Bertz CT molecular complexity index is 302.